The van der Waals surface area contributed by atoms with Crippen LogP contribution >= 0.6 is 0 Å². The van der Waals surface area contributed by atoms with Crippen LogP contribution in [0.5, 0.6) is 11.5 Å². The number of nitriles is 1. The fourth-order valence-electron chi connectivity index (χ4n) is 3.31. The summed E-state index contributed by atoms with van der Waals surface area (Å²) in [6.45, 7) is 0.690. The Morgan fingerprint density at radius 2 is 2.04 bits per heavy atom. The molecule has 0 N–H and O–H groups in total. The first-order valence-corrected chi connectivity index (χ1v) is 8.21. The highest BCUT2D eigenvalue weighted by Crippen LogP contribution is 2.39. The van der Waals surface area contributed by atoms with Gasteiger partial charge in [-0.15, -0.1) is 0 Å². The van der Waals surface area contributed by atoms with Crippen LogP contribution in [-0.4, -0.2) is 31.6 Å². The van der Waals surface area contributed by atoms with Gasteiger partial charge in [0.1, 0.15) is 11.5 Å². The molecular weight excluding hydrogens is 316 g/mol. The Kier molecular flexibility index (Phi) is 4.90. The minimum Gasteiger partial charge on any atom is -0.497 e. The zero-order valence-electron chi connectivity index (χ0n) is 14.4. The molecule has 1 aliphatic rings. The highest BCUT2D eigenvalue weighted by Gasteiger charge is 2.32. The normalized spacial score (nSPS) is 16.4. The maximum Gasteiger partial charge on any atom is 0.254 e. The minimum atomic E-state index is -0.0579. The molecule has 0 spiro atoms. The van der Waals surface area contributed by atoms with E-state index in [1.54, 1.807) is 38.5 Å². The number of hydrogen-bond donors (Lipinski definition) is 0. The molecule has 0 aromatic heterocycles. The number of ether oxygens (including phenoxy) is 2. The van der Waals surface area contributed by atoms with E-state index in [2.05, 4.69) is 6.07 Å². The van der Waals surface area contributed by atoms with Gasteiger partial charge < -0.3 is 14.4 Å². The van der Waals surface area contributed by atoms with Crippen molar-refractivity contribution in [3.05, 3.63) is 59.2 Å². The number of benzene rings is 2. The molecule has 1 amide bonds. The van der Waals surface area contributed by atoms with Crippen molar-refractivity contribution in [3.63, 3.8) is 0 Å². The molecule has 5 nitrogen and oxygen atoms in total. The van der Waals surface area contributed by atoms with Crippen LogP contribution in [0.25, 0.3) is 0 Å². The number of hydrogen-bond acceptors (Lipinski definition) is 4. The predicted octanol–water partition coefficient (Wildman–Crippen LogP) is 3.55. The first-order chi connectivity index (χ1) is 12.2. The number of carbonyl (C=O) groups excluding carboxylic acids is 1. The van der Waals surface area contributed by atoms with Crippen LogP contribution in [0.4, 0.5) is 0 Å². The zero-order chi connectivity index (χ0) is 17.8. The number of amides is 1. The lowest BCUT2D eigenvalue weighted by Crippen LogP contribution is -2.30. The zero-order valence-corrected chi connectivity index (χ0v) is 14.4. The molecule has 2 aromatic rings. The van der Waals surface area contributed by atoms with E-state index in [9.17, 15) is 4.79 Å². The number of nitrogens with zero attached hydrogens (tertiary/aromatic N) is 2. The second-order valence-electron chi connectivity index (χ2n) is 5.96. The van der Waals surface area contributed by atoms with Crippen molar-refractivity contribution in [1.29, 1.82) is 5.26 Å². The molecule has 25 heavy (non-hydrogen) atoms. The predicted molar refractivity (Wildman–Crippen MR) is 93.7 cm³/mol. The van der Waals surface area contributed by atoms with Crippen molar-refractivity contribution in [1.82, 2.24) is 4.90 Å². The summed E-state index contributed by atoms with van der Waals surface area (Å²) in [5.74, 6) is 1.38. The lowest BCUT2D eigenvalue weighted by molar-refractivity contribution is 0.0734. The van der Waals surface area contributed by atoms with E-state index in [-0.39, 0.29) is 11.9 Å². The summed E-state index contributed by atoms with van der Waals surface area (Å²) in [5, 5.41) is 9.05. The van der Waals surface area contributed by atoms with E-state index in [4.69, 9.17) is 14.7 Å². The van der Waals surface area contributed by atoms with Crippen LogP contribution in [0.1, 0.15) is 40.4 Å². The molecule has 0 unspecified atom stereocenters. The third-order valence-electron chi connectivity index (χ3n) is 4.55. The Hall–Kier alpha value is -3.00. The Bertz CT molecular complexity index is 826. The average Bonchev–Trinajstić information content (AvgIpc) is 3.16. The molecule has 0 saturated carbocycles. The Morgan fingerprint density at radius 3 is 2.76 bits per heavy atom. The monoisotopic (exact) mass is 336 g/mol. The van der Waals surface area contributed by atoms with Crippen molar-refractivity contribution >= 4 is 5.91 Å². The Balaban J connectivity index is 1.93. The standard InChI is InChI=1S/C20H20N2O3/c1-24-16-8-9-17(19(12-16)25-2)18-7-4-10-22(18)20(23)15-6-3-5-14(11-15)13-21/h3,5-6,8-9,11-12,18H,4,7,10H2,1-2H3/t18-/m0/s1. The minimum absolute atomic E-state index is 0.0425. The first kappa shape index (κ1) is 16.8. The van der Waals surface area contributed by atoms with Gasteiger partial charge in [0.2, 0.25) is 0 Å². The topological polar surface area (TPSA) is 62.6 Å². The average molecular weight is 336 g/mol. The molecule has 2 aromatic carbocycles. The van der Waals surface area contributed by atoms with Crippen molar-refractivity contribution in [2.24, 2.45) is 0 Å². The molecule has 0 bridgehead atoms. The van der Waals surface area contributed by atoms with Crippen LogP contribution < -0.4 is 9.47 Å². The molecule has 1 atom stereocenters. The number of carbonyl (C=O) groups is 1. The summed E-state index contributed by atoms with van der Waals surface area (Å²) in [4.78, 5) is 14.8. The molecule has 3 rings (SSSR count). The van der Waals surface area contributed by atoms with E-state index in [0.29, 0.717) is 17.7 Å². The molecule has 0 aliphatic carbocycles. The van der Waals surface area contributed by atoms with Gasteiger partial charge in [-0.25, -0.2) is 0 Å². The second-order valence-corrected chi connectivity index (χ2v) is 5.96. The summed E-state index contributed by atoms with van der Waals surface area (Å²) in [7, 11) is 3.23. The lowest BCUT2D eigenvalue weighted by atomic mass is 10.0. The van der Waals surface area contributed by atoms with Crippen LogP contribution in [0, 0.1) is 11.3 Å². The fraction of sp³-hybridized carbons (Fsp3) is 0.300. The van der Waals surface area contributed by atoms with Gasteiger partial charge in [0.15, 0.2) is 0 Å². The quantitative estimate of drug-likeness (QED) is 0.856. The smallest absolute Gasteiger partial charge is 0.254 e. The molecular formula is C20H20N2O3. The number of methoxy groups -OCH3 is 2. The summed E-state index contributed by atoms with van der Waals surface area (Å²) in [6.07, 6.45) is 1.82. The highest BCUT2D eigenvalue weighted by atomic mass is 16.5. The molecule has 1 saturated heterocycles. The van der Waals surface area contributed by atoms with Crippen molar-refractivity contribution in [3.8, 4) is 17.6 Å². The fourth-order valence-corrected chi connectivity index (χ4v) is 3.31. The summed E-state index contributed by atoms with van der Waals surface area (Å²) >= 11 is 0. The van der Waals surface area contributed by atoms with Crippen LogP contribution in [0.15, 0.2) is 42.5 Å². The maximum absolute atomic E-state index is 13.0. The lowest BCUT2D eigenvalue weighted by Gasteiger charge is -2.26. The second kappa shape index (κ2) is 7.27. The molecule has 5 heteroatoms. The van der Waals surface area contributed by atoms with E-state index in [1.165, 1.54) is 0 Å². The van der Waals surface area contributed by atoms with Gasteiger partial charge in [0.25, 0.3) is 5.91 Å². The van der Waals surface area contributed by atoms with Gasteiger partial charge in [-0.1, -0.05) is 6.07 Å². The third-order valence-corrected chi connectivity index (χ3v) is 4.55. The van der Waals surface area contributed by atoms with E-state index >= 15 is 0 Å². The van der Waals surface area contributed by atoms with Gasteiger partial charge in [-0.3, -0.25) is 4.79 Å². The van der Waals surface area contributed by atoms with Crippen molar-refractivity contribution < 1.29 is 14.3 Å². The third kappa shape index (κ3) is 3.29. The van der Waals surface area contributed by atoms with Gasteiger partial charge in [-0.2, -0.15) is 5.26 Å². The molecule has 1 fully saturated rings. The highest BCUT2D eigenvalue weighted by molar-refractivity contribution is 5.95. The Morgan fingerprint density at radius 1 is 1.20 bits per heavy atom. The van der Waals surface area contributed by atoms with E-state index < -0.39 is 0 Å². The summed E-state index contributed by atoms with van der Waals surface area (Å²) in [5.41, 5.74) is 2.01. The van der Waals surface area contributed by atoms with E-state index in [0.717, 1.165) is 29.9 Å². The van der Waals surface area contributed by atoms with Gasteiger partial charge in [0, 0.05) is 23.7 Å². The summed E-state index contributed by atoms with van der Waals surface area (Å²) < 4.78 is 10.8. The van der Waals surface area contributed by atoms with Crippen LogP contribution in [-0.2, 0) is 0 Å². The van der Waals surface area contributed by atoms with Gasteiger partial charge in [0.05, 0.1) is 31.9 Å². The molecule has 128 valence electrons. The van der Waals surface area contributed by atoms with Crippen LogP contribution in [0.2, 0.25) is 0 Å². The molecule has 1 aliphatic heterocycles. The number of likely N-dealkylation sites (tertiary alicyclic amines) is 1. The molecule has 1 heterocycles. The Labute approximate surface area is 147 Å². The van der Waals surface area contributed by atoms with Gasteiger partial charge >= 0.3 is 0 Å². The molecule has 0 radical (unpaired) electrons. The van der Waals surface area contributed by atoms with Gasteiger partial charge in [-0.05, 0) is 43.2 Å². The first-order valence-electron chi connectivity index (χ1n) is 8.21. The SMILES string of the molecule is COc1ccc([C@@H]2CCCN2C(=O)c2cccc(C#N)c2)c(OC)c1. The summed E-state index contributed by atoms with van der Waals surface area (Å²) in [6, 6.07) is 14.6. The van der Waals surface area contributed by atoms with E-state index in [1.807, 2.05) is 23.1 Å². The largest absolute Gasteiger partial charge is 0.497 e. The maximum atomic E-state index is 13.0. The number of rotatable bonds is 4. The van der Waals surface area contributed by atoms with Crippen LogP contribution in [0.3, 0.4) is 0 Å². The van der Waals surface area contributed by atoms with Crippen molar-refractivity contribution in [2.45, 2.75) is 18.9 Å². The van der Waals surface area contributed by atoms with Crippen molar-refractivity contribution in [2.75, 3.05) is 20.8 Å².